The Morgan fingerprint density at radius 3 is 2.48 bits per heavy atom. The van der Waals surface area contributed by atoms with Crippen molar-refractivity contribution in [3.8, 4) is 0 Å². The van der Waals surface area contributed by atoms with Crippen LogP contribution >= 0.6 is 0 Å². The van der Waals surface area contributed by atoms with Crippen molar-refractivity contribution in [2.24, 2.45) is 5.92 Å². The molecule has 2 rings (SSSR count). The zero-order valence-electron chi connectivity index (χ0n) is 14.5. The lowest BCUT2D eigenvalue weighted by Gasteiger charge is -2.15. The van der Waals surface area contributed by atoms with Gasteiger partial charge in [-0.3, -0.25) is 9.59 Å². The van der Waals surface area contributed by atoms with Crippen molar-refractivity contribution in [3.63, 3.8) is 0 Å². The maximum atomic E-state index is 12.6. The van der Waals surface area contributed by atoms with Gasteiger partial charge in [-0.1, -0.05) is 24.3 Å². The van der Waals surface area contributed by atoms with Gasteiger partial charge in [-0.2, -0.15) is 13.2 Å². The van der Waals surface area contributed by atoms with E-state index in [1.54, 1.807) is 0 Å². The molecule has 0 saturated heterocycles. The van der Waals surface area contributed by atoms with Gasteiger partial charge in [0.1, 0.15) is 12.2 Å². The molecule has 1 heterocycles. The molecule has 1 amide bonds. The van der Waals surface area contributed by atoms with Gasteiger partial charge in [0.15, 0.2) is 0 Å². The van der Waals surface area contributed by atoms with Gasteiger partial charge >= 0.3 is 12.1 Å². The fourth-order valence-corrected chi connectivity index (χ4v) is 2.49. The van der Waals surface area contributed by atoms with Crippen LogP contribution in [0, 0.1) is 5.92 Å². The van der Waals surface area contributed by atoms with Gasteiger partial charge in [0.05, 0.1) is 18.3 Å². The van der Waals surface area contributed by atoms with E-state index in [1.165, 1.54) is 18.3 Å². The minimum Gasteiger partial charge on any atom is -0.480 e. The van der Waals surface area contributed by atoms with Crippen LogP contribution in [-0.4, -0.2) is 32.0 Å². The van der Waals surface area contributed by atoms with Gasteiger partial charge in [-0.15, -0.1) is 5.10 Å². The van der Waals surface area contributed by atoms with Crippen LogP contribution in [0.2, 0.25) is 0 Å². The molecule has 0 saturated carbocycles. The maximum Gasteiger partial charge on any atom is 0.416 e. The number of halogens is 3. The Morgan fingerprint density at radius 2 is 1.93 bits per heavy atom. The molecule has 0 aliphatic rings. The number of amides is 1. The highest BCUT2D eigenvalue weighted by Crippen LogP contribution is 2.29. The second kappa shape index (κ2) is 8.65. The number of carbonyl (C=O) groups is 2. The summed E-state index contributed by atoms with van der Waals surface area (Å²) in [5, 5.41) is 18.8. The molecule has 0 bridgehead atoms. The zero-order chi connectivity index (χ0) is 20.0. The Morgan fingerprint density at radius 1 is 1.26 bits per heavy atom. The van der Waals surface area contributed by atoms with Crippen molar-refractivity contribution in [2.75, 3.05) is 0 Å². The average molecular weight is 384 g/mol. The molecule has 1 aromatic carbocycles. The van der Waals surface area contributed by atoms with Crippen LogP contribution in [0.5, 0.6) is 0 Å². The fourth-order valence-electron chi connectivity index (χ4n) is 2.49. The topological polar surface area (TPSA) is 97.1 Å². The number of alkyl halides is 3. The number of nitrogens with one attached hydrogen (secondary N) is 1. The first kappa shape index (κ1) is 20.4. The lowest BCUT2D eigenvalue weighted by atomic mass is 9.95. The molecule has 10 heteroatoms. The van der Waals surface area contributed by atoms with E-state index in [4.69, 9.17) is 5.11 Å². The molecular formula is C17H19F3N4O3. The summed E-state index contributed by atoms with van der Waals surface area (Å²) < 4.78 is 38.9. The fraction of sp³-hybridized carbons (Fsp3) is 0.412. The molecule has 0 aliphatic heterocycles. The largest absolute Gasteiger partial charge is 0.480 e. The van der Waals surface area contributed by atoms with E-state index in [0.29, 0.717) is 24.1 Å². The van der Waals surface area contributed by atoms with Gasteiger partial charge < -0.3 is 10.4 Å². The van der Waals surface area contributed by atoms with E-state index in [9.17, 15) is 22.8 Å². The highest BCUT2D eigenvalue weighted by atomic mass is 19.4. The molecule has 146 valence electrons. The lowest BCUT2D eigenvalue weighted by molar-refractivity contribution is -0.138. The number of carboxylic acids is 1. The monoisotopic (exact) mass is 384 g/mol. The van der Waals surface area contributed by atoms with Gasteiger partial charge in [0.25, 0.3) is 0 Å². The summed E-state index contributed by atoms with van der Waals surface area (Å²) in [7, 11) is 0. The van der Waals surface area contributed by atoms with Crippen molar-refractivity contribution in [1.29, 1.82) is 0 Å². The van der Waals surface area contributed by atoms with Gasteiger partial charge in [0.2, 0.25) is 5.91 Å². The van der Waals surface area contributed by atoms with Gasteiger partial charge in [0, 0.05) is 5.92 Å². The number of rotatable bonds is 8. The first-order chi connectivity index (χ1) is 12.7. The van der Waals surface area contributed by atoms with Crippen LogP contribution < -0.4 is 5.32 Å². The summed E-state index contributed by atoms with van der Waals surface area (Å²) in [4.78, 5) is 22.9. The summed E-state index contributed by atoms with van der Waals surface area (Å²) >= 11 is 0. The predicted molar refractivity (Wildman–Crippen MR) is 88.4 cm³/mol. The molecule has 0 spiro atoms. The molecule has 0 aliphatic carbocycles. The number of carbonyl (C=O) groups excluding carboxylic acids is 1. The third-order valence-corrected chi connectivity index (χ3v) is 3.95. The smallest absolute Gasteiger partial charge is 0.416 e. The minimum absolute atomic E-state index is 0.0853. The van der Waals surface area contributed by atoms with Crippen LogP contribution in [-0.2, 0) is 35.3 Å². The normalized spacial score (nSPS) is 12.6. The van der Waals surface area contributed by atoms with Gasteiger partial charge in [-0.25, -0.2) is 4.68 Å². The third-order valence-electron chi connectivity index (χ3n) is 3.95. The second-order valence-corrected chi connectivity index (χ2v) is 6.02. The van der Waals surface area contributed by atoms with E-state index in [2.05, 4.69) is 15.6 Å². The zero-order valence-corrected chi connectivity index (χ0v) is 14.5. The molecule has 7 nitrogen and oxygen atoms in total. The predicted octanol–water partition coefficient (Wildman–Crippen LogP) is 2.27. The first-order valence-corrected chi connectivity index (χ1v) is 8.23. The minimum atomic E-state index is -4.39. The SMILES string of the molecule is CCC(Cc1ccc(C(F)(F)F)cc1)C(=O)NCc1cn(CC(=O)O)nn1. The number of hydrogen-bond donors (Lipinski definition) is 2. The average Bonchev–Trinajstić information content (AvgIpc) is 3.03. The molecule has 0 radical (unpaired) electrons. The maximum absolute atomic E-state index is 12.6. The summed E-state index contributed by atoms with van der Waals surface area (Å²) in [6.45, 7) is 1.58. The summed E-state index contributed by atoms with van der Waals surface area (Å²) in [6, 6.07) is 4.74. The van der Waals surface area contributed by atoms with Crippen molar-refractivity contribution < 1.29 is 27.9 Å². The molecule has 27 heavy (non-hydrogen) atoms. The third kappa shape index (κ3) is 6.08. The Bertz CT molecular complexity index is 787. The van der Waals surface area contributed by atoms with E-state index < -0.39 is 23.6 Å². The van der Waals surface area contributed by atoms with Crippen molar-refractivity contribution in [1.82, 2.24) is 20.3 Å². The lowest BCUT2D eigenvalue weighted by Crippen LogP contribution is -2.31. The highest BCUT2D eigenvalue weighted by molar-refractivity contribution is 5.78. The summed E-state index contributed by atoms with van der Waals surface area (Å²) in [5.74, 6) is -1.72. The van der Waals surface area contributed by atoms with E-state index in [1.807, 2.05) is 6.92 Å². The highest BCUT2D eigenvalue weighted by Gasteiger charge is 2.30. The Labute approximate surface area is 153 Å². The van der Waals surface area contributed by atoms with Crippen LogP contribution in [0.25, 0.3) is 0 Å². The standard InChI is InChI=1S/C17H19F3N4O3/c1-2-12(7-11-3-5-13(6-4-11)17(18,19)20)16(27)21-8-14-9-24(23-22-14)10-15(25)26/h3-6,9,12H,2,7-8,10H2,1H3,(H,21,27)(H,25,26). The molecule has 1 atom stereocenters. The number of aromatic nitrogens is 3. The molecular weight excluding hydrogens is 365 g/mol. The molecule has 0 fully saturated rings. The number of carboxylic acid groups (broad SMARTS) is 1. The molecule has 1 unspecified atom stereocenters. The number of aliphatic carboxylic acids is 1. The number of benzene rings is 1. The summed E-state index contributed by atoms with van der Waals surface area (Å²) in [5.41, 5.74) is 0.319. The van der Waals surface area contributed by atoms with Crippen molar-refractivity contribution >= 4 is 11.9 Å². The van der Waals surface area contributed by atoms with Crippen LogP contribution in [0.15, 0.2) is 30.5 Å². The van der Waals surface area contributed by atoms with E-state index in [0.717, 1.165) is 16.8 Å². The van der Waals surface area contributed by atoms with E-state index >= 15 is 0 Å². The Kier molecular flexibility index (Phi) is 6.54. The van der Waals surface area contributed by atoms with Crippen molar-refractivity contribution in [2.45, 2.75) is 39.0 Å². The van der Waals surface area contributed by atoms with Crippen LogP contribution in [0.1, 0.15) is 30.2 Å². The number of hydrogen-bond acceptors (Lipinski definition) is 4. The second-order valence-electron chi connectivity index (χ2n) is 6.02. The van der Waals surface area contributed by atoms with Crippen LogP contribution in [0.3, 0.4) is 0 Å². The Balaban J connectivity index is 1.91. The summed E-state index contributed by atoms with van der Waals surface area (Å²) in [6.07, 6.45) is -2.14. The quantitative estimate of drug-likeness (QED) is 0.728. The molecule has 2 N–H and O–H groups in total. The molecule has 1 aromatic heterocycles. The van der Waals surface area contributed by atoms with Crippen molar-refractivity contribution in [3.05, 3.63) is 47.3 Å². The van der Waals surface area contributed by atoms with Gasteiger partial charge in [-0.05, 0) is 30.5 Å². The molecule has 2 aromatic rings. The number of nitrogens with zero attached hydrogens (tertiary/aromatic N) is 3. The Hall–Kier alpha value is -2.91. The van der Waals surface area contributed by atoms with Crippen LogP contribution in [0.4, 0.5) is 13.2 Å². The first-order valence-electron chi connectivity index (χ1n) is 8.23. The van der Waals surface area contributed by atoms with E-state index in [-0.39, 0.29) is 19.0 Å².